The molecule has 40 heavy (non-hydrogen) atoms. The van der Waals surface area contributed by atoms with Crippen LogP contribution in [0.15, 0.2) is 24.3 Å². The highest BCUT2D eigenvalue weighted by atomic mass is 35.5. The van der Waals surface area contributed by atoms with Crippen molar-refractivity contribution in [3.05, 3.63) is 24.3 Å². The maximum absolute atomic E-state index is 13.0. The summed E-state index contributed by atoms with van der Waals surface area (Å²) in [5.74, 6) is 4.66. The van der Waals surface area contributed by atoms with Crippen LogP contribution in [0.2, 0.25) is 0 Å². The van der Waals surface area contributed by atoms with Crippen LogP contribution in [0.5, 0.6) is 5.75 Å². The fraction of sp³-hybridized carbons (Fsp3) is 0.690. The Morgan fingerprint density at radius 2 is 1.32 bits per heavy atom. The summed E-state index contributed by atoms with van der Waals surface area (Å²) < 4.78 is 30.4. The second kappa shape index (κ2) is 10.4. The Labute approximate surface area is 239 Å². The highest BCUT2D eigenvalue weighted by molar-refractivity contribution is 6.20. The van der Waals surface area contributed by atoms with Crippen molar-refractivity contribution < 1.29 is 13.5 Å². The van der Waals surface area contributed by atoms with E-state index in [0.29, 0.717) is 29.1 Å². The van der Waals surface area contributed by atoms with Crippen molar-refractivity contribution in [2.45, 2.75) is 68.9 Å². The summed E-state index contributed by atoms with van der Waals surface area (Å²) in [4.78, 5) is 21.9. The number of piperidine rings is 1. The van der Waals surface area contributed by atoms with Crippen LogP contribution in [0.4, 0.5) is 32.3 Å². The molecule has 1 aromatic heterocycles. The van der Waals surface area contributed by atoms with Crippen LogP contribution in [0.3, 0.4) is 0 Å². The number of halogens is 3. The van der Waals surface area contributed by atoms with E-state index in [1.807, 2.05) is 0 Å². The summed E-state index contributed by atoms with van der Waals surface area (Å²) in [6.07, 6.45) is 12.1. The van der Waals surface area contributed by atoms with E-state index in [9.17, 15) is 8.78 Å². The zero-order valence-electron chi connectivity index (χ0n) is 22.9. The number of alkyl halides is 3. The van der Waals surface area contributed by atoms with E-state index in [1.165, 1.54) is 57.1 Å². The molecule has 2 aromatic rings. The number of aromatic nitrogens is 3. The molecule has 0 radical (unpaired) electrons. The molecule has 0 unspecified atom stereocenters. The van der Waals surface area contributed by atoms with Gasteiger partial charge in [0, 0.05) is 62.1 Å². The van der Waals surface area contributed by atoms with Gasteiger partial charge in [-0.2, -0.15) is 15.0 Å². The lowest BCUT2D eigenvalue weighted by molar-refractivity contribution is -0.0964. The Kier molecular flexibility index (Phi) is 6.89. The molecular formula is C29H38ClF2N7O. The second-order valence-corrected chi connectivity index (χ2v) is 13.1. The number of piperazine rings is 1. The first-order valence-electron chi connectivity index (χ1n) is 14.9. The molecule has 8 rings (SSSR count). The lowest BCUT2D eigenvalue weighted by atomic mass is 9.52. The molecule has 4 bridgehead atoms. The van der Waals surface area contributed by atoms with E-state index in [0.717, 1.165) is 69.9 Å². The van der Waals surface area contributed by atoms with Gasteiger partial charge in [-0.3, -0.25) is 4.90 Å². The molecule has 2 saturated heterocycles. The highest BCUT2D eigenvalue weighted by Crippen LogP contribution is 2.57. The van der Waals surface area contributed by atoms with Gasteiger partial charge in [-0.1, -0.05) is 0 Å². The number of nitrogens with zero attached hydrogens (tertiary/aromatic N) is 6. The molecule has 3 heterocycles. The van der Waals surface area contributed by atoms with Gasteiger partial charge in [-0.05, 0) is 99.8 Å². The molecule has 2 aliphatic heterocycles. The lowest BCUT2D eigenvalue weighted by Crippen LogP contribution is -2.64. The van der Waals surface area contributed by atoms with Gasteiger partial charge in [0.2, 0.25) is 17.8 Å². The maximum Gasteiger partial charge on any atom is 0.487 e. The van der Waals surface area contributed by atoms with Gasteiger partial charge in [0.15, 0.2) is 0 Å². The van der Waals surface area contributed by atoms with E-state index >= 15 is 0 Å². The summed E-state index contributed by atoms with van der Waals surface area (Å²) >= 11 is 4.90. The van der Waals surface area contributed by atoms with Gasteiger partial charge in [0.05, 0.1) is 0 Å². The summed E-state index contributed by atoms with van der Waals surface area (Å²) in [6.45, 7) is 5.77. The summed E-state index contributed by atoms with van der Waals surface area (Å²) in [6, 6.07) is 6.17. The van der Waals surface area contributed by atoms with Crippen molar-refractivity contribution in [2.75, 3.05) is 54.4 Å². The molecule has 1 aromatic carbocycles. The van der Waals surface area contributed by atoms with Gasteiger partial charge in [0.1, 0.15) is 5.75 Å². The smallest absolute Gasteiger partial charge is 0.420 e. The predicted molar refractivity (Wildman–Crippen MR) is 152 cm³/mol. The molecule has 8 nitrogen and oxygen atoms in total. The normalized spacial score (nSPS) is 30.5. The van der Waals surface area contributed by atoms with Crippen LogP contribution in [-0.4, -0.2) is 70.2 Å². The minimum Gasteiger partial charge on any atom is -0.420 e. The fourth-order valence-corrected chi connectivity index (χ4v) is 8.58. The highest BCUT2D eigenvalue weighted by Gasteiger charge is 2.53. The van der Waals surface area contributed by atoms with E-state index < -0.39 is 5.57 Å². The first-order chi connectivity index (χ1) is 19.3. The minimum atomic E-state index is -3.75. The molecule has 6 fully saturated rings. The van der Waals surface area contributed by atoms with Crippen LogP contribution in [0.25, 0.3) is 0 Å². The van der Waals surface area contributed by atoms with Crippen molar-refractivity contribution in [1.82, 2.24) is 19.9 Å². The average molecular weight is 574 g/mol. The third-order valence-electron chi connectivity index (χ3n) is 9.83. The number of hydrogen-bond acceptors (Lipinski definition) is 8. The molecule has 1 N–H and O–H groups in total. The second-order valence-electron chi connectivity index (χ2n) is 12.6. The van der Waals surface area contributed by atoms with Crippen molar-refractivity contribution in [2.24, 2.45) is 17.8 Å². The molecule has 0 atom stereocenters. The predicted octanol–water partition coefficient (Wildman–Crippen LogP) is 5.86. The Morgan fingerprint density at radius 1 is 0.775 bits per heavy atom. The first-order valence-corrected chi connectivity index (χ1v) is 15.3. The van der Waals surface area contributed by atoms with E-state index in [2.05, 4.69) is 24.8 Å². The monoisotopic (exact) mass is 573 g/mol. The molecule has 4 aliphatic carbocycles. The van der Waals surface area contributed by atoms with Crippen LogP contribution in [0, 0.1) is 17.8 Å². The van der Waals surface area contributed by atoms with Gasteiger partial charge in [-0.25, -0.2) is 0 Å². The number of benzene rings is 1. The summed E-state index contributed by atoms with van der Waals surface area (Å²) in [7, 11) is 0. The summed E-state index contributed by atoms with van der Waals surface area (Å²) in [5.41, 5.74) is -2.66. The average Bonchev–Trinajstić information content (AvgIpc) is 2.93. The first kappa shape index (κ1) is 26.4. The number of rotatable bonds is 7. The van der Waals surface area contributed by atoms with Crippen molar-refractivity contribution in [1.29, 1.82) is 0 Å². The molecule has 0 spiro atoms. The van der Waals surface area contributed by atoms with Crippen LogP contribution < -0.4 is 19.9 Å². The van der Waals surface area contributed by atoms with Crippen molar-refractivity contribution in [3.63, 3.8) is 0 Å². The van der Waals surface area contributed by atoms with Crippen molar-refractivity contribution in [3.8, 4) is 5.75 Å². The van der Waals surface area contributed by atoms with Crippen LogP contribution >= 0.6 is 11.6 Å². The Balaban J connectivity index is 1.08. The number of anilines is 4. The van der Waals surface area contributed by atoms with Gasteiger partial charge < -0.3 is 19.9 Å². The Bertz CT molecular complexity index is 1160. The topological polar surface area (TPSA) is 69.7 Å². The molecule has 0 amide bonds. The zero-order chi connectivity index (χ0) is 27.3. The molecule has 216 valence electrons. The third kappa shape index (κ3) is 5.53. The molecule has 4 saturated carbocycles. The fourth-order valence-electron chi connectivity index (χ4n) is 8.49. The van der Waals surface area contributed by atoms with Gasteiger partial charge >= 0.3 is 5.57 Å². The SMILES string of the molecule is FC(F)(Cl)Oc1ccc(Nc2nc(N3CCCCC3)nc(N3CCN(C45CC6CC(CC(C6)C4)C5)CC3)n2)cc1. The number of ether oxygens (including phenoxy) is 1. The minimum absolute atomic E-state index is 0.0206. The zero-order valence-corrected chi connectivity index (χ0v) is 23.6. The Morgan fingerprint density at radius 3 is 1.88 bits per heavy atom. The Hall–Kier alpha value is -2.46. The third-order valence-corrected chi connectivity index (χ3v) is 9.91. The van der Waals surface area contributed by atoms with E-state index in [1.54, 1.807) is 12.1 Å². The van der Waals surface area contributed by atoms with Crippen LogP contribution in [-0.2, 0) is 0 Å². The molecular weight excluding hydrogens is 536 g/mol. The molecule has 11 heteroatoms. The number of nitrogens with one attached hydrogen (secondary N) is 1. The maximum atomic E-state index is 13.0. The largest absolute Gasteiger partial charge is 0.487 e. The number of hydrogen-bond donors (Lipinski definition) is 1. The van der Waals surface area contributed by atoms with E-state index in [-0.39, 0.29) is 5.75 Å². The van der Waals surface area contributed by atoms with Crippen molar-refractivity contribution >= 4 is 35.1 Å². The van der Waals surface area contributed by atoms with E-state index in [4.69, 9.17) is 26.6 Å². The van der Waals surface area contributed by atoms with Gasteiger partial charge in [0.25, 0.3) is 0 Å². The molecule has 6 aliphatic rings. The standard InChI is InChI=1S/C29H38ClF2N7O/c30-29(31,32)40-24-6-4-23(5-7-24)33-25-34-26(37-8-2-1-3-9-37)36-27(35-25)38-10-12-39(13-11-38)28-17-20-14-21(18-28)16-22(15-20)19-28/h4-7,20-22H,1-3,8-19H2,(H,33,34,35,36). The summed E-state index contributed by atoms with van der Waals surface area (Å²) in [5, 5.41) is 3.25. The van der Waals surface area contributed by atoms with Crippen LogP contribution in [0.1, 0.15) is 57.8 Å². The quantitative estimate of drug-likeness (QED) is 0.413. The van der Waals surface area contributed by atoms with Gasteiger partial charge in [-0.15, -0.1) is 8.78 Å². The lowest BCUT2D eigenvalue weighted by Gasteiger charge is -2.61.